The zero-order chi connectivity index (χ0) is 13.7. The summed E-state index contributed by atoms with van der Waals surface area (Å²) in [5, 5.41) is 3.35. The molecule has 1 unspecified atom stereocenters. The Morgan fingerprint density at radius 2 is 1.76 bits per heavy atom. The lowest BCUT2D eigenvalue weighted by atomic mass is 9.92. The van der Waals surface area contributed by atoms with E-state index in [0.717, 1.165) is 6.42 Å². The lowest BCUT2D eigenvalue weighted by Crippen LogP contribution is -2.43. The first-order chi connectivity index (χ1) is 7.64. The van der Waals surface area contributed by atoms with Crippen LogP contribution in [-0.2, 0) is 14.3 Å². The van der Waals surface area contributed by atoms with E-state index in [1.807, 2.05) is 13.8 Å². The highest BCUT2D eigenvalue weighted by molar-refractivity contribution is 5.76. The molecule has 102 valence electrons. The van der Waals surface area contributed by atoms with Crippen LogP contribution in [0.1, 0.15) is 41.0 Å². The minimum absolute atomic E-state index is 0.151. The molecule has 0 bridgehead atoms. The Bertz CT molecular complexity index is 249. The fourth-order valence-corrected chi connectivity index (χ4v) is 1.67. The molecule has 0 amide bonds. The second-order valence-electron chi connectivity index (χ2n) is 5.83. The maximum absolute atomic E-state index is 11.5. The number of hydrogen-bond donors (Lipinski definition) is 1. The van der Waals surface area contributed by atoms with Crippen molar-refractivity contribution >= 4 is 5.97 Å². The molecule has 0 heterocycles. The molecular weight excluding hydrogens is 218 g/mol. The summed E-state index contributed by atoms with van der Waals surface area (Å²) in [5.74, 6) is -0.191. The van der Waals surface area contributed by atoms with Crippen molar-refractivity contribution in [2.24, 2.45) is 5.41 Å². The van der Waals surface area contributed by atoms with Crippen LogP contribution in [0.15, 0.2) is 0 Å². The molecule has 4 nitrogen and oxygen atoms in total. The predicted octanol–water partition coefficient (Wildman–Crippen LogP) is 1.98. The van der Waals surface area contributed by atoms with Crippen molar-refractivity contribution in [1.82, 2.24) is 5.32 Å². The molecule has 0 aromatic heterocycles. The lowest BCUT2D eigenvalue weighted by Gasteiger charge is -2.29. The van der Waals surface area contributed by atoms with Crippen molar-refractivity contribution in [3.05, 3.63) is 0 Å². The zero-order valence-corrected chi connectivity index (χ0v) is 12.2. The minimum atomic E-state index is -0.500. The number of methoxy groups -OCH3 is 2. The summed E-state index contributed by atoms with van der Waals surface area (Å²) in [6, 6.07) is 0.286. The smallest absolute Gasteiger partial charge is 0.312 e. The van der Waals surface area contributed by atoms with Gasteiger partial charge in [-0.15, -0.1) is 0 Å². The molecule has 0 aromatic carbocycles. The summed E-state index contributed by atoms with van der Waals surface area (Å²) >= 11 is 0. The van der Waals surface area contributed by atoms with Gasteiger partial charge in [0.15, 0.2) is 0 Å². The first-order valence-electron chi connectivity index (χ1n) is 6.01. The molecule has 0 spiro atoms. The largest absolute Gasteiger partial charge is 0.469 e. The molecule has 1 atom stereocenters. The van der Waals surface area contributed by atoms with Gasteiger partial charge < -0.3 is 14.8 Å². The number of hydrogen-bond acceptors (Lipinski definition) is 4. The summed E-state index contributed by atoms with van der Waals surface area (Å²) in [7, 11) is 3.13. The number of carbonyl (C=O) groups is 1. The van der Waals surface area contributed by atoms with E-state index in [9.17, 15) is 4.79 Å². The van der Waals surface area contributed by atoms with Crippen molar-refractivity contribution in [1.29, 1.82) is 0 Å². The van der Waals surface area contributed by atoms with Gasteiger partial charge in [-0.25, -0.2) is 0 Å². The van der Waals surface area contributed by atoms with Gasteiger partial charge >= 0.3 is 5.97 Å². The Morgan fingerprint density at radius 1 is 1.24 bits per heavy atom. The standard InChI is InChI=1S/C13H27NO3/c1-10(8-13(4,5)17-7)14-9-12(2,3)11(15)16-6/h10,14H,8-9H2,1-7H3. The molecule has 0 fully saturated rings. The number of rotatable bonds is 7. The van der Waals surface area contributed by atoms with Gasteiger partial charge in [0.1, 0.15) is 0 Å². The molecule has 0 rings (SSSR count). The second-order valence-corrected chi connectivity index (χ2v) is 5.83. The molecule has 0 radical (unpaired) electrons. The number of ether oxygens (including phenoxy) is 2. The molecule has 0 saturated carbocycles. The van der Waals surface area contributed by atoms with Gasteiger partial charge in [0, 0.05) is 19.7 Å². The Hall–Kier alpha value is -0.610. The molecular formula is C13H27NO3. The SMILES string of the molecule is COC(=O)C(C)(C)CNC(C)CC(C)(C)OC. The lowest BCUT2D eigenvalue weighted by molar-refractivity contribution is -0.150. The van der Waals surface area contributed by atoms with Crippen molar-refractivity contribution in [2.75, 3.05) is 20.8 Å². The second kappa shape index (κ2) is 6.36. The topological polar surface area (TPSA) is 47.6 Å². The monoisotopic (exact) mass is 245 g/mol. The number of esters is 1. The molecule has 4 heteroatoms. The van der Waals surface area contributed by atoms with E-state index in [1.165, 1.54) is 7.11 Å². The summed E-state index contributed by atoms with van der Waals surface area (Å²) < 4.78 is 10.1. The fourth-order valence-electron chi connectivity index (χ4n) is 1.67. The minimum Gasteiger partial charge on any atom is -0.469 e. The van der Waals surface area contributed by atoms with Gasteiger partial charge in [0.2, 0.25) is 0 Å². The molecule has 0 aliphatic rings. The molecule has 1 N–H and O–H groups in total. The Morgan fingerprint density at radius 3 is 2.18 bits per heavy atom. The van der Waals surface area contributed by atoms with Gasteiger partial charge in [0.05, 0.1) is 18.1 Å². The van der Waals surface area contributed by atoms with Gasteiger partial charge in [-0.05, 0) is 41.0 Å². The molecule has 17 heavy (non-hydrogen) atoms. The third kappa shape index (κ3) is 6.03. The number of carbonyl (C=O) groups excluding carboxylic acids is 1. The van der Waals surface area contributed by atoms with Gasteiger partial charge in [0.25, 0.3) is 0 Å². The van der Waals surface area contributed by atoms with E-state index in [4.69, 9.17) is 9.47 Å². The highest BCUT2D eigenvalue weighted by atomic mass is 16.5. The van der Waals surface area contributed by atoms with Crippen LogP contribution in [0.5, 0.6) is 0 Å². The van der Waals surface area contributed by atoms with E-state index in [2.05, 4.69) is 26.1 Å². The Labute approximate surface area is 105 Å². The van der Waals surface area contributed by atoms with E-state index in [0.29, 0.717) is 6.54 Å². The van der Waals surface area contributed by atoms with Crippen LogP contribution in [0.4, 0.5) is 0 Å². The highest BCUT2D eigenvalue weighted by Gasteiger charge is 2.29. The predicted molar refractivity (Wildman–Crippen MR) is 69.0 cm³/mol. The average Bonchev–Trinajstić information content (AvgIpc) is 2.25. The Balaban J connectivity index is 4.16. The maximum Gasteiger partial charge on any atom is 0.312 e. The summed E-state index contributed by atoms with van der Waals surface area (Å²) in [5.41, 5.74) is -0.651. The van der Waals surface area contributed by atoms with Gasteiger partial charge in [-0.3, -0.25) is 4.79 Å². The third-order valence-corrected chi connectivity index (χ3v) is 2.98. The molecule has 0 aliphatic carbocycles. The van der Waals surface area contributed by atoms with Crippen LogP contribution >= 0.6 is 0 Å². The van der Waals surface area contributed by atoms with Crippen LogP contribution < -0.4 is 5.32 Å². The first kappa shape index (κ1) is 16.4. The summed E-state index contributed by atoms with van der Waals surface area (Å²) in [6.45, 7) is 10.5. The first-order valence-corrected chi connectivity index (χ1v) is 6.01. The maximum atomic E-state index is 11.5. The zero-order valence-electron chi connectivity index (χ0n) is 12.2. The molecule has 0 aliphatic heterocycles. The average molecular weight is 245 g/mol. The quantitative estimate of drug-likeness (QED) is 0.697. The molecule has 0 aromatic rings. The van der Waals surface area contributed by atoms with E-state index in [-0.39, 0.29) is 17.6 Å². The fraction of sp³-hybridized carbons (Fsp3) is 0.923. The van der Waals surface area contributed by atoms with E-state index < -0.39 is 5.41 Å². The summed E-state index contributed by atoms with van der Waals surface area (Å²) in [4.78, 5) is 11.5. The Kier molecular flexibility index (Phi) is 6.13. The van der Waals surface area contributed by atoms with Crippen LogP contribution in [-0.4, -0.2) is 38.4 Å². The van der Waals surface area contributed by atoms with Gasteiger partial charge in [-0.2, -0.15) is 0 Å². The van der Waals surface area contributed by atoms with Crippen molar-refractivity contribution < 1.29 is 14.3 Å². The number of nitrogens with one attached hydrogen (secondary N) is 1. The van der Waals surface area contributed by atoms with Crippen molar-refractivity contribution in [2.45, 2.75) is 52.7 Å². The van der Waals surface area contributed by atoms with Crippen LogP contribution in [0.3, 0.4) is 0 Å². The summed E-state index contributed by atoms with van der Waals surface area (Å²) in [6.07, 6.45) is 0.890. The van der Waals surface area contributed by atoms with Crippen LogP contribution in [0.2, 0.25) is 0 Å². The van der Waals surface area contributed by atoms with E-state index >= 15 is 0 Å². The molecule has 0 saturated heterocycles. The van der Waals surface area contributed by atoms with Crippen molar-refractivity contribution in [3.8, 4) is 0 Å². The van der Waals surface area contributed by atoms with Crippen LogP contribution in [0, 0.1) is 5.41 Å². The van der Waals surface area contributed by atoms with Gasteiger partial charge in [-0.1, -0.05) is 0 Å². The highest BCUT2D eigenvalue weighted by Crippen LogP contribution is 2.18. The normalized spacial score (nSPS) is 14.5. The van der Waals surface area contributed by atoms with E-state index in [1.54, 1.807) is 7.11 Å². The third-order valence-electron chi connectivity index (χ3n) is 2.98. The van der Waals surface area contributed by atoms with Crippen LogP contribution in [0.25, 0.3) is 0 Å². The van der Waals surface area contributed by atoms with Crippen molar-refractivity contribution in [3.63, 3.8) is 0 Å².